The highest BCUT2D eigenvalue weighted by molar-refractivity contribution is 5.96. The van der Waals surface area contributed by atoms with Gasteiger partial charge in [0.2, 0.25) is 5.91 Å². The van der Waals surface area contributed by atoms with E-state index >= 15 is 0 Å². The smallest absolute Gasteiger partial charge is 0.269 e. The number of hydrogen-bond acceptors (Lipinski definition) is 2. The zero-order chi connectivity index (χ0) is 16.7. The molecule has 23 heavy (non-hydrogen) atoms. The van der Waals surface area contributed by atoms with Crippen LogP contribution in [0.25, 0.3) is 0 Å². The van der Waals surface area contributed by atoms with E-state index in [-0.39, 0.29) is 17.4 Å². The maximum absolute atomic E-state index is 12.8. The van der Waals surface area contributed by atoms with Gasteiger partial charge in [-0.05, 0) is 36.2 Å². The third-order valence-electron chi connectivity index (χ3n) is 3.50. The molecule has 0 radical (unpaired) electrons. The molecule has 0 bridgehead atoms. The normalized spacial score (nSPS) is 11.6. The van der Waals surface area contributed by atoms with Gasteiger partial charge in [0.25, 0.3) is 5.91 Å². The van der Waals surface area contributed by atoms with E-state index in [2.05, 4.69) is 10.9 Å². The van der Waals surface area contributed by atoms with Crippen molar-refractivity contribution in [1.82, 2.24) is 10.9 Å². The Kier molecular flexibility index (Phi) is 5.86. The zero-order valence-electron chi connectivity index (χ0n) is 12.9. The maximum Gasteiger partial charge on any atom is 0.269 e. The highest BCUT2D eigenvalue weighted by atomic mass is 19.1. The fraction of sp³-hybridized carbons (Fsp3) is 0.222. The van der Waals surface area contributed by atoms with Crippen LogP contribution in [0.5, 0.6) is 0 Å². The second kappa shape index (κ2) is 8.08. The monoisotopic (exact) mass is 314 g/mol. The first-order chi connectivity index (χ1) is 11.1. The van der Waals surface area contributed by atoms with Crippen molar-refractivity contribution in [2.75, 3.05) is 0 Å². The highest BCUT2D eigenvalue weighted by Gasteiger charge is 2.20. The predicted molar refractivity (Wildman–Crippen MR) is 86.1 cm³/mol. The van der Waals surface area contributed by atoms with Crippen molar-refractivity contribution in [2.45, 2.75) is 25.7 Å². The van der Waals surface area contributed by atoms with Crippen LogP contribution >= 0.6 is 0 Å². The van der Waals surface area contributed by atoms with Gasteiger partial charge in [-0.2, -0.15) is 0 Å². The first-order valence-electron chi connectivity index (χ1n) is 7.52. The highest BCUT2D eigenvalue weighted by Crippen LogP contribution is 2.20. The SMILES string of the molecule is CCCC(C(=O)NNC(=O)c1ccc(F)cc1)c1ccccc1. The average Bonchev–Trinajstić information content (AvgIpc) is 2.58. The van der Waals surface area contributed by atoms with Crippen molar-refractivity contribution in [1.29, 1.82) is 0 Å². The summed E-state index contributed by atoms with van der Waals surface area (Å²) in [5, 5.41) is 0. The summed E-state index contributed by atoms with van der Waals surface area (Å²) in [6.07, 6.45) is 1.53. The van der Waals surface area contributed by atoms with Crippen molar-refractivity contribution in [3.8, 4) is 0 Å². The molecular weight excluding hydrogens is 295 g/mol. The summed E-state index contributed by atoms with van der Waals surface area (Å²) in [6.45, 7) is 2.00. The molecule has 0 aromatic heterocycles. The third-order valence-corrected chi connectivity index (χ3v) is 3.50. The van der Waals surface area contributed by atoms with Crippen molar-refractivity contribution in [3.63, 3.8) is 0 Å². The number of rotatable bonds is 5. The Morgan fingerprint density at radius 1 is 1.00 bits per heavy atom. The molecule has 2 aromatic rings. The summed E-state index contributed by atoms with van der Waals surface area (Å²) in [7, 11) is 0. The molecule has 0 aliphatic carbocycles. The lowest BCUT2D eigenvalue weighted by atomic mass is 9.94. The molecule has 1 atom stereocenters. The van der Waals surface area contributed by atoms with Crippen molar-refractivity contribution in [2.24, 2.45) is 0 Å². The van der Waals surface area contributed by atoms with E-state index in [9.17, 15) is 14.0 Å². The molecule has 2 rings (SSSR count). The Hall–Kier alpha value is -2.69. The number of hydrazine groups is 1. The molecule has 2 aromatic carbocycles. The lowest BCUT2D eigenvalue weighted by Gasteiger charge is -2.17. The van der Waals surface area contributed by atoms with Gasteiger partial charge in [-0.3, -0.25) is 20.4 Å². The maximum atomic E-state index is 12.8. The van der Waals surface area contributed by atoms with Crippen LogP contribution in [0.1, 0.15) is 41.6 Å². The molecule has 0 saturated carbocycles. The fourth-order valence-corrected chi connectivity index (χ4v) is 2.30. The first kappa shape index (κ1) is 16.7. The Balaban J connectivity index is 1.99. The Morgan fingerprint density at radius 2 is 1.65 bits per heavy atom. The van der Waals surface area contributed by atoms with E-state index in [4.69, 9.17) is 0 Å². The van der Waals surface area contributed by atoms with Crippen molar-refractivity contribution in [3.05, 3.63) is 71.5 Å². The molecule has 0 heterocycles. The minimum absolute atomic E-state index is 0.270. The van der Waals surface area contributed by atoms with Gasteiger partial charge in [0.15, 0.2) is 0 Å². The molecule has 2 N–H and O–H groups in total. The van der Waals surface area contributed by atoms with Gasteiger partial charge < -0.3 is 0 Å². The van der Waals surface area contributed by atoms with Gasteiger partial charge in [-0.25, -0.2) is 4.39 Å². The number of carbonyl (C=O) groups is 2. The topological polar surface area (TPSA) is 58.2 Å². The van der Waals surface area contributed by atoms with Gasteiger partial charge in [-0.15, -0.1) is 0 Å². The lowest BCUT2D eigenvalue weighted by Crippen LogP contribution is -2.44. The van der Waals surface area contributed by atoms with Gasteiger partial charge in [-0.1, -0.05) is 43.7 Å². The predicted octanol–water partition coefficient (Wildman–Crippen LogP) is 3.17. The van der Waals surface area contributed by atoms with Crippen LogP contribution in [-0.2, 0) is 4.79 Å². The fourth-order valence-electron chi connectivity index (χ4n) is 2.30. The number of amides is 2. The first-order valence-corrected chi connectivity index (χ1v) is 7.52. The molecule has 2 amide bonds. The molecule has 0 aliphatic heterocycles. The quantitative estimate of drug-likeness (QED) is 0.833. The molecule has 0 saturated heterocycles. The Bertz CT molecular complexity index is 656. The molecule has 4 nitrogen and oxygen atoms in total. The molecule has 0 spiro atoms. The number of carbonyl (C=O) groups excluding carboxylic acids is 2. The van der Waals surface area contributed by atoms with Gasteiger partial charge in [0, 0.05) is 5.56 Å². The summed E-state index contributed by atoms with van der Waals surface area (Å²) in [5.41, 5.74) is 5.99. The van der Waals surface area contributed by atoms with Gasteiger partial charge in [0.1, 0.15) is 5.82 Å². The van der Waals surface area contributed by atoms with E-state index in [0.29, 0.717) is 6.42 Å². The molecular formula is C18H19FN2O2. The number of nitrogens with one attached hydrogen (secondary N) is 2. The summed E-state index contributed by atoms with van der Waals surface area (Å²) in [6, 6.07) is 14.5. The van der Waals surface area contributed by atoms with Crippen LogP contribution in [0.4, 0.5) is 4.39 Å². The van der Waals surface area contributed by atoms with Gasteiger partial charge >= 0.3 is 0 Å². The van der Waals surface area contributed by atoms with Crippen molar-refractivity contribution >= 4 is 11.8 Å². The molecule has 0 aliphatic rings. The van der Waals surface area contributed by atoms with Crippen LogP contribution in [0, 0.1) is 5.82 Å². The summed E-state index contributed by atoms with van der Waals surface area (Å²) in [4.78, 5) is 24.3. The second-order valence-electron chi connectivity index (χ2n) is 5.20. The van der Waals surface area contributed by atoms with Crippen LogP contribution in [0.3, 0.4) is 0 Å². The van der Waals surface area contributed by atoms with E-state index < -0.39 is 11.7 Å². The summed E-state index contributed by atoms with van der Waals surface area (Å²) >= 11 is 0. The standard InChI is InChI=1S/C18H19FN2O2/c1-2-6-16(13-7-4-3-5-8-13)18(23)21-20-17(22)14-9-11-15(19)12-10-14/h3-5,7-12,16H,2,6H2,1H3,(H,20,22)(H,21,23). The minimum atomic E-state index is -0.485. The summed E-state index contributed by atoms with van der Waals surface area (Å²) < 4.78 is 12.8. The van der Waals surface area contributed by atoms with E-state index in [1.165, 1.54) is 24.3 Å². The van der Waals surface area contributed by atoms with E-state index in [1.807, 2.05) is 37.3 Å². The lowest BCUT2D eigenvalue weighted by molar-refractivity contribution is -0.123. The molecule has 0 fully saturated rings. The van der Waals surface area contributed by atoms with Crippen molar-refractivity contribution < 1.29 is 14.0 Å². The largest absolute Gasteiger partial charge is 0.273 e. The Morgan fingerprint density at radius 3 is 2.26 bits per heavy atom. The second-order valence-corrected chi connectivity index (χ2v) is 5.20. The van der Waals surface area contributed by atoms with Gasteiger partial charge in [0.05, 0.1) is 5.92 Å². The molecule has 120 valence electrons. The van der Waals surface area contributed by atoms with Crippen LogP contribution in [-0.4, -0.2) is 11.8 Å². The van der Waals surface area contributed by atoms with E-state index in [1.54, 1.807) is 0 Å². The Labute approximate surface area is 134 Å². The minimum Gasteiger partial charge on any atom is -0.273 e. The molecule has 5 heteroatoms. The average molecular weight is 314 g/mol. The van der Waals surface area contributed by atoms with Crippen LogP contribution in [0.15, 0.2) is 54.6 Å². The van der Waals surface area contributed by atoms with Crippen LogP contribution < -0.4 is 10.9 Å². The third kappa shape index (κ3) is 4.64. The molecule has 1 unspecified atom stereocenters. The number of benzene rings is 2. The zero-order valence-corrected chi connectivity index (χ0v) is 12.9. The van der Waals surface area contributed by atoms with E-state index in [0.717, 1.165) is 12.0 Å². The number of hydrogen-bond donors (Lipinski definition) is 2. The number of halogens is 1. The van der Waals surface area contributed by atoms with Crippen LogP contribution in [0.2, 0.25) is 0 Å². The summed E-state index contributed by atoms with van der Waals surface area (Å²) in [5.74, 6) is -1.50.